The third kappa shape index (κ3) is 5.89. The molecule has 5 nitrogen and oxygen atoms in total. The number of nitrogens with one attached hydrogen (secondary N) is 2. The van der Waals surface area contributed by atoms with Crippen LogP contribution in [0.3, 0.4) is 0 Å². The molecule has 0 spiro atoms. The topological polar surface area (TPSA) is 54.9 Å². The summed E-state index contributed by atoms with van der Waals surface area (Å²) in [4.78, 5) is 5.67. The molecule has 27 heavy (non-hydrogen) atoms. The summed E-state index contributed by atoms with van der Waals surface area (Å²) in [6.07, 6.45) is 6.12. The molecule has 1 aromatic heterocycles. The zero-order chi connectivity index (χ0) is 18.9. The van der Waals surface area contributed by atoms with Crippen LogP contribution in [0.2, 0.25) is 0 Å². The molecule has 1 aliphatic carbocycles. The molecule has 1 fully saturated rings. The Morgan fingerprint density at radius 2 is 2.04 bits per heavy atom. The van der Waals surface area contributed by atoms with Crippen molar-refractivity contribution < 1.29 is 9.47 Å². The van der Waals surface area contributed by atoms with Crippen LogP contribution in [0.4, 0.5) is 0 Å². The second-order valence-electron chi connectivity index (χ2n) is 6.69. The van der Waals surface area contributed by atoms with Gasteiger partial charge in [0.25, 0.3) is 0 Å². The van der Waals surface area contributed by atoms with Crippen LogP contribution in [0, 0.1) is 0 Å². The Labute approximate surface area is 165 Å². The summed E-state index contributed by atoms with van der Waals surface area (Å²) in [5.74, 6) is 2.44. The maximum absolute atomic E-state index is 6.11. The minimum atomic E-state index is 0.328. The monoisotopic (exact) mass is 387 g/mol. The predicted octanol–water partition coefficient (Wildman–Crippen LogP) is 3.99. The first-order chi connectivity index (χ1) is 13.3. The van der Waals surface area contributed by atoms with Crippen LogP contribution in [0.1, 0.15) is 36.1 Å². The van der Waals surface area contributed by atoms with Gasteiger partial charge in [0, 0.05) is 25.0 Å². The van der Waals surface area contributed by atoms with Gasteiger partial charge in [-0.25, -0.2) is 0 Å². The summed E-state index contributed by atoms with van der Waals surface area (Å²) in [6, 6.07) is 10.4. The van der Waals surface area contributed by atoms with Crippen molar-refractivity contribution in [3.05, 3.63) is 46.2 Å². The fourth-order valence-electron chi connectivity index (χ4n) is 3.27. The largest absolute Gasteiger partial charge is 0.493 e. The Kier molecular flexibility index (Phi) is 7.39. The van der Waals surface area contributed by atoms with Gasteiger partial charge in [0.1, 0.15) is 0 Å². The fraction of sp³-hybridized carbons (Fsp3) is 0.476. The van der Waals surface area contributed by atoms with Gasteiger partial charge in [-0.2, -0.15) is 0 Å². The Morgan fingerprint density at radius 1 is 1.19 bits per heavy atom. The molecule has 0 saturated heterocycles. The van der Waals surface area contributed by atoms with E-state index in [0.717, 1.165) is 48.8 Å². The average Bonchev–Trinajstić information content (AvgIpc) is 3.39. The van der Waals surface area contributed by atoms with Gasteiger partial charge in [-0.1, -0.05) is 12.1 Å². The van der Waals surface area contributed by atoms with Crippen LogP contribution in [0.15, 0.2) is 40.7 Å². The highest BCUT2D eigenvalue weighted by atomic mass is 32.1. The molecule has 1 aromatic carbocycles. The van der Waals surface area contributed by atoms with Crippen LogP contribution in [0.5, 0.6) is 11.5 Å². The Balaban J connectivity index is 1.49. The van der Waals surface area contributed by atoms with E-state index in [0.29, 0.717) is 12.6 Å². The van der Waals surface area contributed by atoms with E-state index in [1.165, 1.54) is 17.7 Å². The van der Waals surface area contributed by atoms with E-state index in [1.807, 2.05) is 12.1 Å². The van der Waals surface area contributed by atoms with Crippen molar-refractivity contribution in [1.29, 1.82) is 0 Å². The Hall–Kier alpha value is -2.21. The lowest BCUT2D eigenvalue weighted by Crippen LogP contribution is -2.37. The van der Waals surface area contributed by atoms with Gasteiger partial charge in [-0.05, 0) is 61.2 Å². The van der Waals surface area contributed by atoms with Crippen molar-refractivity contribution >= 4 is 17.3 Å². The number of guanidine groups is 1. The molecular weight excluding hydrogens is 358 g/mol. The molecule has 6 heteroatoms. The number of methoxy groups -OCH3 is 1. The number of hydrogen-bond donors (Lipinski definition) is 2. The summed E-state index contributed by atoms with van der Waals surface area (Å²) in [6.45, 7) is 1.54. The highest BCUT2D eigenvalue weighted by Gasteiger charge is 2.18. The second-order valence-corrected chi connectivity index (χ2v) is 7.72. The molecular formula is C21H29N3O2S. The first-order valence-corrected chi connectivity index (χ1v) is 10.5. The van der Waals surface area contributed by atoms with Crippen LogP contribution >= 0.6 is 11.3 Å². The van der Waals surface area contributed by atoms with Crippen molar-refractivity contribution in [1.82, 2.24) is 10.6 Å². The van der Waals surface area contributed by atoms with Crippen molar-refractivity contribution in [2.75, 3.05) is 20.7 Å². The van der Waals surface area contributed by atoms with Gasteiger partial charge in [-0.3, -0.25) is 4.99 Å². The molecule has 2 aromatic rings. The lowest BCUT2D eigenvalue weighted by atomic mass is 10.2. The number of ether oxygens (including phenoxy) is 2. The van der Waals surface area contributed by atoms with E-state index in [9.17, 15) is 0 Å². The van der Waals surface area contributed by atoms with Gasteiger partial charge in [-0.15, -0.1) is 11.3 Å². The van der Waals surface area contributed by atoms with Gasteiger partial charge in [0.15, 0.2) is 17.5 Å². The van der Waals surface area contributed by atoms with Crippen LogP contribution < -0.4 is 20.1 Å². The first kappa shape index (κ1) is 19.5. The fourth-order valence-corrected chi connectivity index (χ4v) is 3.98. The first-order valence-electron chi connectivity index (χ1n) is 9.59. The van der Waals surface area contributed by atoms with E-state index in [-0.39, 0.29) is 0 Å². The van der Waals surface area contributed by atoms with E-state index in [2.05, 4.69) is 39.2 Å². The molecule has 0 amide bonds. The molecule has 0 bridgehead atoms. The molecule has 0 atom stereocenters. The lowest BCUT2D eigenvalue weighted by molar-refractivity contribution is 0.200. The number of rotatable bonds is 8. The SMILES string of the molecule is CN=C(NCCc1cccs1)NCc1ccc(OC2CCCC2)c(OC)c1. The lowest BCUT2D eigenvalue weighted by Gasteiger charge is -2.17. The van der Waals surface area contributed by atoms with Crippen molar-refractivity contribution in [2.45, 2.75) is 44.8 Å². The molecule has 146 valence electrons. The van der Waals surface area contributed by atoms with E-state index < -0.39 is 0 Å². The van der Waals surface area contributed by atoms with Crippen molar-refractivity contribution in [3.8, 4) is 11.5 Å². The second kappa shape index (κ2) is 10.2. The van der Waals surface area contributed by atoms with E-state index in [4.69, 9.17) is 9.47 Å². The van der Waals surface area contributed by atoms with E-state index >= 15 is 0 Å². The predicted molar refractivity (Wildman–Crippen MR) is 112 cm³/mol. The molecule has 1 aliphatic rings. The van der Waals surface area contributed by atoms with Gasteiger partial charge < -0.3 is 20.1 Å². The molecule has 1 heterocycles. The zero-order valence-electron chi connectivity index (χ0n) is 16.2. The van der Waals surface area contributed by atoms with Gasteiger partial charge >= 0.3 is 0 Å². The normalized spacial score (nSPS) is 15.0. The summed E-state index contributed by atoms with van der Waals surface area (Å²) >= 11 is 1.78. The van der Waals surface area contributed by atoms with Crippen LogP contribution in [0.25, 0.3) is 0 Å². The summed E-state index contributed by atoms with van der Waals surface area (Å²) < 4.78 is 11.6. The number of nitrogens with zero attached hydrogens (tertiary/aromatic N) is 1. The molecule has 0 unspecified atom stereocenters. The minimum Gasteiger partial charge on any atom is -0.493 e. The maximum atomic E-state index is 6.11. The minimum absolute atomic E-state index is 0.328. The number of benzene rings is 1. The summed E-state index contributed by atoms with van der Waals surface area (Å²) in [7, 11) is 3.48. The zero-order valence-corrected chi connectivity index (χ0v) is 17.0. The third-order valence-corrected chi connectivity index (χ3v) is 5.69. The highest BCUT2D eigenvalue weighted by Crippen LogP contribution is 2.32. The highest BCUT2D eigenvalue weighted by molar-refractivity contribution is 7.09. The molecule has 1 saturated carbocycles. The molecule has 2 N–H and O–H groups in total. The van der Waals surface area contributed by atoms with Crippen molar-refractivity contribution in [2.24, 2.45) is 4.99 Å². The van der Waals surface area contributed by atoms with Gasteiger partial charge in [0.2, 0.25) is 0 Å². The molecule has 3 rings (SSSR count). The quantitative estimate of drug-likeness (QED) is 0.531. The Morgan fingerprint density at radius 3 is 2.74 bits per heavy atom. The summed E-state index contributed by atoms with van der Waals surface area (Å²) in [5, 5.41) is 8.82. The molecule has 0 radical (unpaired) electrons. The number of hydrogen-bond acceptors (Lipinski definition) is 4. The average molecular weight is 388 g/mol. The number of thiophene rings is 1. The maximum Gasteiger partial charge on any atom is 0.191 e. The molecule has 0 aliphatic heterocycles. The standard InChI is InChI=1S/C21H29N3O2S/c1-22-21(23-12-11-18-8-5-13-27-18)24-15-16-9-10-19(20(14-16)25-2)26-17-6-3-4-7-17/h5,8-10,13-14,17H,3-4,6-7,11-12,15H2,1-2H3,(H2,22,23,24). The summed E-state index contributed by atoms with van der Waals surface area (Å²) in [5.41, 5.74) is 1.13. The Bertz CT molecular complexity index is 725. The third-order valence-electron chi connectivity index (χ3n) is 4.75. The van der Waals surface area contributed by atoms with Crippen LogP contribution in [-0.2, 0) is 13.0 Å². The van der Waals surface area contributed by atoms with E-state index in [1.54, 1.807) is 25.5 Å². The van der Waals surface area contributed by atoms with Gasteiger partial charge in [0.05, 0.1) is 13.2 Å². The van der Waals surface area contributed by atoms with Crippen molar-refractivity contribution in [3.63, 3.8) is 0 Å². The van der Waals surface area contributed by atoms with Crippen LogP contribution in [-0.4, -0.2) is 32.8 Å². The number of aliphatic imine (C=N–C) groups is 1. The smallest absolute Gasteiger partial charge is 0.191 e.